The maximum Gasteiger partial charge on any atom is 0.281 e. The molecule has 0 saturated heterocycles. The summed E-state index contributed by atoms with van der Waals surface area (Å²) in [5.41, 5.74) is 6.68. The molecule has 0 atom stereocenters. The predicted octanol–water partition coefficient (Wildman–Crippen LogP) is 2.14. The van der Waals surface area contributed by atoms with Crippen molar-refractivity contribution in [1.29, 1.82) is 0 Å². The van der Waals surface area contributed by atoms with Crippen LogP contribution >= 0.6 is 0 Å². The minimum absolute atomic E-state index is 0.242. The number of hydrogen-bond acceptors (Lipinski definition) is 2. The standard InChI is InChI=1S/C10H19BFNO/c1-7(2)5-8(3)10(13)9(12)6-11-14-4/h5,7,11H,6,13H2,1-4H3/b8-5-,10-9-. The van der Waals surface area contributed by atoms with E-state index >= 15 is 0 Å². The molecule has 0 bridgehead atoms. The van der Waals surface area contributed by atoms with Crippen molar-refractivity contribution >= 4 is 7.48 Å². The lowest BCUT2D eigenvalue weighted by Gasteiger charge is -2.06. The first-order valence-corrected chi connectivity index (χ1v) is 4.80. The van der Waals surface area contributed by atoms with E-state index in [0.29, 0.717) is 13.4 Å². The van der Waals surface area contributed by atoms with Gasteiger partial charge in [0.05, 0.1) is 5.70 Å². The Kier molecular flexibility index (Phi) is 6.29. The zero-order chi connectivity index (χ0) is 11.1. The van der Waals surface area contributed by atoms with Crippen molar-refractivity contribution in [2.75, 3.05) is 7.11 Å². The molecular weight excluding hydrogens is 180 g/mol. The third-order valence-electron chi connectivity index (χ3n) is 1.83. The van der Waals surface area contributed by atoms with E-state index < -0.39 is 0 Å². The van der Waals surface area contributed by atoms with Crippen molar-refractivity contribution in [3.63, 3.8) is 0 Å². The average molecular weight is 199 g/mol. The summed E-state index contributed by atoms with van der Waals surface area (Å²) in [6, 6.07) is 0. The molecule has 14 heavy (non-hydrogen) atoms. The van der Waals surface area contributed by atoms with E-state index in [1.54, 1.807) is 7.11 Å². The van der Waals surface area contributed by atoms with Crippen molar-refractivity contribution in [3.8, 4) is 0 Å². The van der Waals surface area contributed by atoms with Crippen LogP contribution in [0, 0.1) is 5.92 Å². The Labute approximate surface area is 86.3 Å². The Bertz CT molecular complexity index is 236. The van der Waals surface area contributed by atoms with Gasteiger partial charge in [-0.3, -0.25) is 0 Å². The minimum atomic E-state index is -0.291. The van der Waals surface area contributed by atoms with E-state index in [1.165, 1.54) is 0 Å². The lowest BCUT2D eigenvalue weighted by atomic mass is 9.92. The van der Waals surface area contributed by atoms with Crippen molar-refractivity contribution in [2.24, 2.45) is 11.7 Å². The summed E-state index contributed by atoms with van der Waals surface area (Å²) >= 11 is 0. The number of halogens is 1. The molecule has 4 heteroatoms. The highest BCUT2D eigenvalue weighted by atomic mass is 19.1. The van der Waals surface area contributed by atoms with Gasteiger partial charge in [-0.1, -0.05) is 19.9 Å². The second-order valence-corrected chi connectivity index (χ2v) is 3.66. The Morgan fingerprint density at radius 1 is 1.57 bits per heavy atom. The second kappa shape index (κ2) is 6.65. The molecule has 0 aromatic rings. The summed E-state index contributed by atoms with van der Waals surface area (Å²) in [4.78, 5) is 0. The maximum atomic E-state index is 13.3. The van der Waals surface area contributed by atoms with Crippen LogP contribution in [0.5, 0.6) is 0 Å². The van der Waals surface area contributed by atoms with Gasteiger partial charge in [0.15, 0.2) is 0 Å². The summed E-state index contributed by atoms with van der Waals surface area (Å²) < 4.78 is 18.1. The quantitative estimate of drug-likeness (QED) is 0.543. The number of hydrogen-bond donors (Lipinski definition) is 1. The van der Waals surface area contributed by atoms with E-state index in [2.05, 4.69) is 0 Å². The van der Waals surface area contributed by atoms with E-state index in [0.717, 1.165) is 5.57 Å². The molecule has 0 amide bonds. The lowest BCUT2D eigenvalue weighted by Crippen LogP contribution is -2.05. The molecule has 0 aromatic heterocycles. The highest BCUT2D eigenvalue weighted by Crippen LogP contribution is 2.15. The molecule has 0 aliphatic carbocycles. The van der Waals surface area contributed by atoms with Crippen molar-refractivity contribution in [1.82, 2.24) is 0 Å². The van der Waals surface area contributed by atoms with Crippen LogP contribution in [0.15, 0.2) is 23.2 Å². The zero-order valence-corrected chi connectivity index (χ0v) is 9.43. The highest BCUT2D eigenvalue weighted by Gasteiger charge is 2.05. The molecule has 0 aromatic carbocycles. The Morgan fingerprint density at radius 3 is 2.57 bits per heavy atom. The molecule has 0 aliphatic rings. The highest BCUT2D eigenvalue weighted by molar-refractivity contribution is 6.28. The number of rotatable bonds is 5. The third kappa shape index (κ3) is 5.07. The van der Waals surface area contributed by atoms with Crippen LogP contribution in [0.25, 0.3) is 0 Å². The molecular formula is C10H19BFNO. The Balaban J connectivity index is 4.47. The third-order valence-corrected chi connectivity index (χ3v) is 1.83. The van der Waals surface area contributed by atoms with Crippen LogP contribution in [0.4, 0.5) is 4.39 Å². The van der Waals surface area contributed by atoms with E-state index in [9.17, 15) is 4.39 Å². The molecule has 0 radical (unpaired) electrons. The van der Waals surface area contributed by atoms with E-state index in [-0.39, 0.29) is 17.8 Å². The van der Waals surface area contributed by atoms with Crippen LogP contribution < -0.4 is 5.73 Å². The molecule has 0 aliphatic heterocycles. The number of nitrogens with two attached hydrogens (primary N) is 1. The fraction of sp³-hybridized carbons (Fsp3) is 0.600. The molecule has 2 nitrogen and oxygen atoms in total. The van der Waals surface area contributed by atoms with E-state index in [1.807, 2.05) is 26.8 Å². The van der Waals surface area contributed by atoms with Crippen molar-refractivity contribution in [3.05, 3.63) is 23.2 Å². The monoisotopic (exact) mass is 199 g/mol. The molecule has 0 unspecified atom stereocenters. The van der Waals surface area contributed by atoms with Gasteiger partial charge in [0, 0.05) is 13.4 Å². The van der Waals surface area contributed by atoms with Gasteiger partial charge in [0.2, 0.25) is 0 Å². The van der Waals surface area contributed by atoms with Gasteiger partial charge >= 0.3 is 0 Å². The first-order valence-electron chi connectivity index (χ1n) is 4.80. The van der Waals surface area contributed by atoms with E-state index in [4.69, 9.17) is 10.4 Å². The van der Waals surface area contributed by atoms with Crippen LogP contribution in [0.3, 0.4) is 0 Å². The summed E-state index contributed by atoms with van der Waals surface area (Å²) in [5, 5.41) is 0. The fourth-order valence-corrected chi connectivity index (χ4v) is 1.13. The number of allylic oxidation sites excluding steroid dienone is 3. The Hall–Kier alpha value is -0.765. The van der Waals surface area contributed by atoms with Crippen LogP contribution in [0.2, 0.25) is 6.32 Å². The average Bonchev–Trinajstić information content (AvgIpc) is 2.11. The van der Waals surface area contributed by atoms with Gasteiger partial charge in [0.25, 0.3) is 7.48 Å². The van der Waals surface area contributed by atoms with Gasteiger partial charge in [-0.2, -0.15) is 0 Å². The smallest absolute Gasteiger partial charge is 0.281 e. The van der Waals surface area contributed by atoms with Gasteiger partial charge in [0.1, 0.15) is 5.83 Å². The summed E-state index contributed by atoms with van der Waals surface area (Å²) in [7, 11) is 1.90. The predicted molar refractivity (Wildman–Crippen MR) is 59.9 cm³/mol. The second-order valence-electron chi connectivity index (χ2n) is 3.66. The largest absolute Gasteiger partial charge is 0.442 e. The first kappa shape index (κ1) is 13.2. The molecule has 0 heterocycles. The molecule has 2 N–H and O–H groups in total. The van der Waals surface area contributed by atoms with Crippen LogP contribution in [0.1, 0.15) is 20.8 Å². The van der Waals surface area contributed by atoms with Crippen molar-refractivity contribution < 1.29 is 9.04 Å². The molecule has 0 fully saturated rings. The summed E-state index contributed by atoms with van der Waals surface area (Å²) in [5.74, 6) is 0.0880. The first-order chi connectivity index (χ1) is 6.49. The topological polar surface area (TPSA) is 35.2 Å². The summed E-state index contributed by atoms with van der Waals surface area (Å²) in [6.07, 6.45) is 2.19. The zero-order valence-electron chi connectivity index (χ0n) is 9.43. The fourth-order valence-electron chi connectivity index (χ4n) is 1.13. The minimum Gasteiger partial charge on any atom is -0.442 e. The molecule has 0 rings (SSSR count). The summed E-state index contributed by atoms with van der Waals surface area (Å²) in [6.45, 7) is 5.88. The maximum absolute atomic E-state index is 13.3. The van der Waals surface area contributed by atoms with Gasteiger partial charge < -0.3 is 10.4 Å². The molecule has 80 valence electrons. The van der Waals surface area contributed by atoms with Gasteiger partial charge in [-0.15, -0.1) is 0 Å². The normalized spacial score (nSPS) is 14.3. The van der Waals surface area contributed by atoms with Gasteiger partial charge in [-0.05, 0) is 18.4 Å². The SMILES string of the molecule is COBC/C(F)=C(N)\C(C)=C/C(C)C. The molecule has 0 saturated carbocycles. The lowest BCUT2D eigenvalue weighted by molar-refractivity contribution is 0.438. The Morgan fingerprint density at radius 2 is 2.14 bits per heavy atom. The molecule has 0 spiro atoms. The van der Waals surface area contributed by atoms with Gasteiger partial charge in [-0.25, -0.2) is 4.39 Å². The van der Waals surface area contributed by atoms with Crippen LogP contribution in [-0.2, 0) is 4.65 Å². The van der Waals surface area contributed by atoms with Crippen LogP contribution in [-0.4, -0.2) is 14.6 Å². The van der Waals surface area contributed by atoms with Crippen molar-refractivity contribution in [2.45, 2.75) is 27.1 Å².